The van der Waals surface area contributed by atoms with Crippen LogP contribution >= 0.6 is 0 Å². The number of carbonyl (C=O) groups excluding carboxylic acids is 1. The summed E-state index contributed by atoms with van der Waals surface area (Å²) >= 11 is 0. The van der Waals surface area contributed by atoms with E-state index in [2.05, 4.69) is 12.2 Å². The van der Waals surface area contributed by atoms with Gasteiger partial charge in [-0.2, -0.15) is 5.10 Å². The molecule has 1 fully saturated rings. The van der Waals surface area contributed by atoms with Gasteiger partial charge in [-0.15, -0.1) is 0 Å². The second-order valence-corrected chi connectivity index (χ2v) is 7.25. The zero-order valence-electron chi connectivity index (χ0n) is 15.4. The third-order valence-corrected chi connectivity index (χ3v) is 5.37. The molecule has 5 nitrogen and oxygen atoms in total. The van der Waals surface area contributed by atoms with E-state index >= 15 is 0 Å². The van der Waals surface area contributed by atoms with Gasteiger partial charge in [0.2, 0.25) is 0 Å². The van der Waals surface area contributed by atoms with Crippen LogP contribution in [0.3, 0.4) is 0 Å². The molecule has 0 radical (unpaired) electrons. The lowest BCUT2D eigenvalue weighted by atomic mass is 9.86. The van der Waals surface area contributed by atoms with E-state index in [0.717, 1.165) is 48.5 Å². The first kappa shape index (κ1) is 17.0. The number of aromatic nitrogens is 2. The van der Waals surface area contributed by atoms with Gasteiger partial charge in [-0.25, -0.2) is 4.99 Å². The van der Waals surface area contributed by atoms with Gasteiger partial charge in [-0.1, -0.05) is 56.5 Å². The Morgan fingerprint density at radius 1 is 1.15 bits per heavy atom. The Hall–Kier alpha value is -2.43. The van der Waals surface area contributed by atoms with E-state index in [-0.39, 0.29) is 5.91 Å². The average molecular weight is 350 g/mol. The Labute approximate surface area is 154 Å². The van der Waals surface area contributed by atoms with E-state index in [1.54, 1.807) is 0 Å². The van der Waals surface area contributed by atoms with Crippen molar-refractivity contribution < 1.29 is 4.79 Å². The number of aliphatic imine (C=N–C) groups is 1. The molecule has 0 bridgehead atoms. The summed E-state index contributed by atoms with van der Waals surface area (Å²) in [6.45, 7) is 3.31. The molecule has 1 N–H and O–H groups in total. The van der Waals surface area contributed by atoms with Crippen LogP contribution in [0.15, 0.2) is 35.3 Å². The van der Waals surface area contributed by atoms with Crippen molar-refractivity contribution in [2.45, 2.75) is 57.9 Å². The van der Waals surface area contributed by atoms with E-state index in [0.29, 0.717) is 18.2 Å². The third-order valence-electron chi connectivity index (χ3n) is 5.37. The van der Waals surface area contributed by atoms with Crippen LogP contribution in [0.25, 0.3) is 0 Å². The number of hydrogen-bond donors (Lipinski definition) is 1. The lowest BCUT2D eigenvalue weighted by molar-refractivity contribution is 0.0950. The SMILES string of the molecule is CCCn1nc(C2CCCCC2)c2c1C(=O)NCC(c1ccccc1)=N2. The van der Waals surface area contributed by atoms with Gasteiger partial charge < -0.3 is 5.32 Å². The Bertz CT molecular complexity index is 816. The van der Waals surface area contributed by atoms with Crippen LogP contribution in [0.4, 0.5) is 5.69 Å². The van der Waals surface area contributed by atoms with E-state index in [1.807, 2.05) is 35.0 Å². The maximum atomic E-state index is 12.8. The summed E-state index contributed by atoms with van der Waals surface area (Å²) in [5.74, 6) is 0.361. The number of nitrogens with one attached hydrogen (secondary N) is 1. The fraction of sp³-hybridized carbons (Fsp3) is 0.476. The molecule has 2 heterocycles. The highest BCUT2D eigenvalue weighted by Gasteiger charge is 2.30. The van der Waals surface area contributed by atoms with Gasteiger partial charge in [-0.05, 0) is 24.8 Å². The quantitative estimate of drug-likeness (QED) is 0.898. The summed E-state index contributed by atoms with van der Waals surface area (Å²) in [6.07, 6.45) is 7.01. The van der Waals surface area contributed by atoms with Crippen molar-refractivity contribution in [1.82, 2.24) is 15.1 Å². The van der Waals surface area contributed by atoms with Crippen LogP contribution in [-0.4, -0.2) is 27.9 Å². The fourth-order valence-electron chi connectivity index (χ4n) is 4.05. The second-order valence-electron chi connectivity index (χ2n) is 7.25. The monoisotopic (exact) mass is 350 g/mol. The number of nitrogens with zero attached hydrogens (tertiary/aromatic N) is 3. The zero-order valence-corrected chi connectivity index (χ0v) is 15.4. The molecule has 4 rings (SSSR count). The van der Waals surface area contributed by atoms with Crippen LogP contribution in [0.5, 0.6) is 0 Å². The number of hydrogen-bond acceptors (Lipinski definition) is 3. The van der Waals surface area contributed by atoms with Crippen LogP contribution in [-0.2, 0) is 6.54 Å². The summed E-state index contributed by atoms with van der Waals surface area (Å²) in [4.78, 5) is 17.8. The predicted octanol–water partition coefficient (Wildman–Crippen LogP) is 4.21. The summed E-state index contributed by atoms with van der Waals surface area (Å²) in [6, 6.07) is 10.1. The van der Waals surface area contributed by atoms with Gasteiger partial charge in [0.1, 0.15) is 5.69 Å². The van der Waals surface area contributed by atoms with Gasteiger partial charge in [0.25, 0.3) is 5.91 Å². The molecule has 2 aliphatic rings. The largest absolute Gasteiger partial charge is 0.345 e. The number of aryl methyl sites for hydroxylation is 1. The van der Waals surface area contributed by atoms with Crippen molar-refractivity contribution in [3.05, 3.63) is 47.3 Å². The molecule has 136 valence electrons. The van der Waals surface area contributed by atoms with E-state index < -0.39 is 0 Å². The summed E-state index contributed by atoms with van der Waals surface area (Å²) in [5.41, 5.74) is 4.43. The first-order valence-electron chi connectivity index (χ1n) is 9.79. The highest BCUT2D eigenvalue weighted by Crippen LogP contribution is 2.39. The Morgan fingerprint density at radius 3 is 2.65 bits per heavy atom. The first-order valence-corrected chi connectivity index (χ1v) is 9.79. The molecule has 5 heteroatoms. The topological polar surface area (TPSA) is 59.3 Å². The maximum absolute atomic E-state index is 12.8. The minimum Gasteiger partial charge on any atom is -0.345 e. The van der Waals surface area contributed by atoms with E-state index in [1.165, 1.54) is 19.3 Å². The molecule has 0 spiro atoms. The van der Waals surface area contributed by atoms with Crippen molar-refractivity contribution in [3.8, 4) is 0 Å². The molecule has 0 saturated heterocycles. The van der Waals surface area contributed by atoms with Crippen LogP contribution in [0.2, 0.25) is 0 Å². The van der Waals surface area contributed by atoms with Crippen molar-refractivity contribution in [2.75, 3.05) is 6.54 Å². The molecule has 0 unspecified atom stereocenters. The number of benzene rings is 1. The van der Waals surface area contributed by atoms with Gasteiger partial charge in [-0.3, -0.25) is 9.48 Å². The smallest absolute Gasteiger partial charge is 0.272 e. The summed E-state index contributed by atoms with van der Waals surface area (Å²) in [7, 11) is 0. The molecule has 1 saturated carbocycles. The molecule has 0 atom stereocenters. The second kappa shape index (κ2) is 7.44. The van der Waals surface area contributed by atoms with E-state index in [9.17, 15) is 4.79 Å². The molecule has 1 aliphatic carbocycles. The van der Waals surface area contributed by atoms with Gasteiger partial charge in [0, 0.05) is 12.5 Å². The zero-order chi connectivity index (χ0) is 17.9. The Kier molecular flexibility index (Phi) is 4.87. The highest BCUT2D eigenvalue weighted by molar-refractivity contribution is 6.10. The number of fused-ring (bicyclic) bond motifs is 1. The molecule has 1 amide bonds. The average Bonchev–Trinajstić information content (AvgIpc) is 2.94. The number of amides is 1. The normalized spacial score (nSPS) is 18.0. The molecule has 1 aliphatic heterocycles. The molecule has 26 heavy (non-hydrogen) atoms. The van der Waals surface area contributed by atoms with E-state index in [4.69, 9.17) is 10.1 Å². The fourth-order valence-corrected chi connectivity index (χ4v) is 4.05. The van der Waals surface area contributed by atoms with Gasteiger partial charge in [0.05, 0.1) is 18.0 Å². The molecular formula is C21H26N4O. The number of carbonyl (C=O) groups is 1. The third kappa shape index (κ3) is 3.18. The van der Waals surface area contributed by atoms with Crippen LogP contribution < -0.4 is 5.32 Å². The highest BCUT2D eigenvalue weighted by atomic mass is 16.2. The molecule has 1 aromatic carbocycles. The van der Waals surface area contributed by atoms with Crippen LogP contribution in [0, 0.1) is 0 Å². The first-order chi connectivity index (χ1) is 12.8. The minimum absolute atomic E-state index is 0.0577. The standard InChI is InChI=1S/C21H26N4O/c1-2-13-25-20-19(18(24-25)16-11-7-4-8-12-16)23-17(14-22-21(20)26)15-9-5-3-6-10-15/h3,5-6,9-10,16H,2,4,7-8,11-14H2,1H3,(H,22,26). The predicted molar refractivity (Wildman–Crippen MR) is 103 cm³/mol. The summed E-state index contributed by atoms with van der Waals surface area (Å²) in [5, 5.41) is 7.91. The van der Waals surface area contributed by atoms with Crippen molar-refractivity contribution >= 4 is 17.3 Å². The van der Waals surface area contributed by atoms with Crippen molar-refractivity contribution in [1.29, 1.82) is 0 Å². The molecule has 2 aromatic rings. The van der Waals surface area contributed by atoms with Gasteiger partial charge >= 0.3 is 0 Å². The Balaban J connectivity index is 1.84. The molecule has 1 aromatic heterocycles. The number of rotatable bonds is 4. The van der Waals surface area contributed by atoms with Gasteiger partial charge in [0.15, 0.2) is 5.69 Å². The van der Waals surface area contributed by atoms with Crippen molar-refractivity contribution in [2.24, 2.45) is 4.99 Å². The summed E-state index contributed by atoms with van der Waals surface area (Å²) < 4.78 is 1.88. The minimum atomic E-state index is -0.0577. The van der Waals surface area contributed by atoms with Crippen molar-refractivity contribution in [3.63, 3.8) is 0 Å². The lowest BCUT2D eigenvalue weighted by Crippen LogP contribution is -2.30. The Morgan fingerprint density at radius 2 is 1.92 bits per heavy atom. The molecular weight excluding hydrogens is 324 g/mol. The maximum Gasteiger partial charge on any atom is 0.272 e. The lowest BCUT2D eigenvalue weighted by Gasteiger charge is -2.20. The van der Waals surface area contributed by atoms with Crippen LogP contribution in [0.1, 0.15) is 73.1 Å².